The molecule has 0 bridgehead atoms. The molecule has 2 N–H and O–H groups in total. The van der Waals surface area contributed by atoms with Crippen LogP contribution in [-0.2, 0) is 4.79 Å². The molecular formula is C18H21N3O4. The number of nitro benzene ring substituents is 1. The number of carbonyl (C=O) groups excluding carboxylic acids is 1. The first-order valence-corrected chi connectivity index (χ1v) is 7.87. The predicted octanol–water partition coefficient (Wildman–Crippen LogP) is 3.78. The molecule has 132 valence electrons. The molecule has 0 aliphatic carbocycles. The van der Waals surface area contributed by atoms with Gasteiger partial charge in [0.15, 0.2) is 0 Å². The van der Waals surface area contributed by atoms with Crippen LogP contribution in [0.5, 0.6) is 5.75 Å². The van der Waals surface area contributed by atoms with Gasteiger partial charge in [0.05, 0.1) is 24.3 Å². The quantitative estimate of drug-likeness (QED) is 0.589. The summed E-state index contributed by atoms with van der Waals surface area (Å²) < 4.78 is 5.16. The lowest BCUT2D eigenvalue weighted by Gasteiger charge is -2.15. The van der Waals surface area contributed by atoms with Crippen LogP contribution in [0.25, 0.3) is 0 Å². The molecular weight excluding hydrogens is 322 g/mol. The maximum atomic E-state index is 12.2. The highest BCUT2D eigenvalue weighted by Gasteiger charge is 2.13. The SMILES string of the molecule is COc1ccc([N+](=O)[O-])cc1NCC(=O)Nc1ccccc1C(C)C. The summed E-state index contributed by atoms with van der Waals surface area (Å²) in [5.74, 6) is 0.462. The van der Waals surface area contributed by atoms with Gasteiger partial charge < -0.3 is 15.4 Å². The zero-order valence-corrected chi connectivity index (χ0v) is 14.4. The second-order valence-electron chi connectivity index (χ2n) is 5.79. The Kier molecular flexibility index (Phi) is 5.94. The van der Waals surface area contributed by atoms with E-state index < -0.39 is 4.92 Å². The largest absolute Gasteiger partial charge is 0.495 e. The first-order valence-electron chi connectivity index (χ1n) is 7.87. The Balaban J connectivity index is 2.08. The van der Waals surface area contributed by atoms with Gasteiger partial charge in [0.2, 0.25) is 5.91 Å². The van der Waals surface area contributed by atoms with Crippen LogP contribution < -0.4 is 15.4 Å². The van der Waals surface area contributed by atoms with E-state index in [9.17, 15) is 14.9 Å². The molecule has 2 aromatic rings. The van der Waals surface area contributed by atoms with E-state index in [2.05, 4.69) is 24.5 Å². The number of nitrogens with one attached hydrogen (secondary N) is 2. The fourth-order valence-corrected chi connectivity index (χ4v) is 2.43. The van der Waals surface area contributed by atoms with Crippen molar-refractivity contribution in [3.63, 3.8) is 0 Å². The number of anilines is 2. The average molecular weight is 343 g/mol. The van der Waals surface area contributed by atoms with Gasteiger partial charge in [0.25, 0.3) is 5.69 Å². The third-order valence-electron chi connectivity index (χ3n) is 3.69. The summed E-state index contributed by atoms with van der Waals surface area (Å²) in [5.41, 5.74) is 2.12. The van der Waals surface area contributed by atoms with E-state index in [4.69, 9.17) is 4.74 Å². The summed E-state index contributed by atoms with van der Waals surface area (Å²) in [5, 5.41) is 16.6. The second kappa shape index (κ2) is 8.14. The second-order valence-corrected chi connectivity index (χ2v) is 5.79. The van der Waals surface area contributed by atoms with Crippen molar-refractivity contribution >= 4 is 23.0 Å². The number of non-ortho nitro benzene ring substituents is 1. The number of hydrogen-bond acceptors (Lipinski definition) is 5. The van der Waals surface area contributed by atoms with Crippen molar-refractivity contribution in [3.05, 3.63) is 58.1 Å². The number of rotatable bonds is 7. The average Bonchev–Trinajstić information content (AvgIpc) is 2.59. The van der Waals surface area contributed by atoms with Crippen molar-refractivity contribution < 1.29 is 14.5 Å². The summed E-state index contributed by atoms with van der Waals surface area (Å²) in [6.45, 7) is 4.07. The zero-order valence-electron chi connectivity index (χ0n) is 14.4. The van der Waals surface area contributed by atoms with Crippen LogP contribution in [0.1, 0.15) is 25.3 Å². The van der Waals surface area contributed by atoms with Crippen molar-refractivity contribution in [2.24, 2.45) is 0 Å². The lowest BCUT2D eigenvalue weighted by atomic mass is 10.0. The molecule has 0 radical (unpaired) electrons. The molecule has 1 amide bonds. The number of ether oxygens (including phenoxy) is 1. The van der Waals surface area contributed by atoms with Gasteiger partial charge in [0.1, 0.15) is 5.75 Å². The molecule has 0 aliphatic heterocycles. The molecule has 0 unspecified atom stereocenters. The Morgan fingerprint density at radius 3 is 2.56 bits per heavy atom. The number of carbonyl (C=O) groups is 1. The molecule has 0 aromatic heterocycles. The molecule has 2 rings (SSSR count). The van der Waals surface area contributed by atoms with Gasteiger partial charge in [0, 0.05) is 17.8 Å². The fraction of sp³-hybridized carbons (Fsp3) is 0.278. The van der Waals surface area contributed by atoms with Crippen molar-refractivity contribution in [3.8, 4) is 5.75 Å². The Morgan fingerprint density at radius 2 is 1.92 bits per heavy atom. The molecule has 7 heteroatoms. The van der Waals surface area contributed by atoms with E-state index in [0.717, 1.165) is 11.3 Å². The highest BCUT2D eigenvalue weighted by Crippen LogP contribution is 2.29. The van der Waals surface area contributed by atoms with Crippen molar-refractivity contribution in [1.82, 2.24) is 0 Å². The summed E-state index contributed by atoms with van der Waals surface area (Å²) in [6.07, 6.45) is 0. The Hall–Kier alpha value is -3.09. The fourth-order valence-electron chi connectivity index (χ4n) is 2.43. The highest BCUT2D eigenvalue weighted by atomic mass is 16.6. The molecule has 0 fully saturated rings. The van der Waals surface area contributed by atoms with Gasteiger partial charge in [-0.2, -0.15) is 0 Å². The third-order valence-corrected chi connectivity index (χ3v) is 3.69. The third kappa shape index (κ3) is 4.69. The molecule has 25 heavy (non-hydrogen) atoms. The van der Waals surface area contributed by atoms with Crippen LogP contribution in [0.2, 0.25) is 0 Å². The van der Waals surface area contributed by atoms with E-state index in [0.29, 0.717) is 11.4 Å². The smallest absolute Gasteiger partial charge is 0.271 e. The summed E-state index contributed by atoms with van der Waals surface area (Å²) in [7, 11) is 1.46. The highest BCUT2D eigenvalue weighted by molar-refractivity contribution is 5.94. The van der Waals surface area contributed by atoms with Crippen LogP contribution >= 0.6 is 0 Å². The standard InChI is InChI=1S/C18H21N3O4/c1-12(2)14-6-4-5-7-15(14)20-18(22)11-19-16-10-13(21(23)24)8-9-17(16)25-3/h4-10,12,19H,11H2,1-3H3,(H,20,22). The topological polar surface area (TPSA) is 93.5 Å². The zero-order chi connectivity index (χ0) is 18.4. The first-order chi connectivity index (χ1) is 11.9. The van der Waals surface area contributed by atoms with Crippen LogP contribution in [0.15, 0.2) is 42.5 Å². The number of hydrogen-bond donors (Lipinski definition) is 2. The molecule has 7 nitrogen and oxygen atoms in total. The molecule has 0 spiro atoms. The van der Waals surface area contributed by atoms with E-state index in [-0.39, 0.29) is 24.1 Å². The summed E-state index contributed by atoms with van der Waals surface area (Å²) in [4.78, 5) is 22.6. The number of para-hydroxylation sites is 1. The minimum Gasteiger partial charge on any atom is -0.495 e. The summed E-state index contributed by atoms with van der Waals surface area (Å²) in [6, 6.07) is 11.8. The van der Waals surface area contributed by atoms with Crippen LogP contribution in [0, 0.1) is 10.1 Å². The Morgan fingerprint density at radius 1 is 1.20 bits per heavy atom. The van der Waals surface area contributed by atoms with Crippen molar-refractivity contribution in [2.75, 3.05) is 24.3 Å². The Bertz CT molecular complexity index is 775. The lowest BCUT2D eigenvalue weighted by Crippen LogP contribution is -2.22. The number of nitro groups is 1. The maximum absolute atomic E-state index is 12.2. The number of methoxy groups -OCH3 is 1. The first kappa shape index (κ1) is 18.3. The number of amides is 1. The van der Waals surface area contributed by atoms with Gasteiger partial charge >= 0.3 is 0 Å². The minimum absolute atomic E-state index is 0.0377. The van der Waals surface area contributed by atoms with E-state index in [1.165, 1.54) is 25.3 Å². The van der Waals surface area contributed by atoms with Crippen LogP contribution in [0.3, 0.4) is 0 Å². The predicted molar refractivity (Wildman–Crippen MR) is 97.3 cm³/mol. The number of nitrogens with zero attached hydrogens (tertiary/aromatic N) is 1. The molecule has 0 saturated carbocycles. The van der Waals surface area contributed by atoms with Gasteiger partial charge in [-0.15, -0.1) is 0 Å². The van der Waals surface area contributed by atoms with E-state index >= 15 is 0 Å². The lowest BCUT2D eigenvalue weighted by molar-refractivity contribution is -0.384. The molecule has 0 aliphatic rings. The van der Waals surface area contributed by atoms with Gasteiger partial charge in [-0.1, -0.05) is 32.0 Å². The van der Waals surface area contributed by atoms with Gasteiger partial charge in [-0.05, 0) is 23.6 Å². The van der Waals surface area contributed by atoms with Crippen LogP contribution in [-0.4, -0.2) is 24.5 Å². The van der Waals surface area contributed by atoms with E-state index in [1.807, 2.05) is 24.3 Å². The minimum atomic E-state index is -0.496. The number of benzene rings is 2. The molecule has 2 aromatic carbocycles. The van der Waals surface area contributed by atoms with Crippen LogP contribution in [0.4, 0.5) is 17.1 Å². The maximum Gasteiger partial charge on any atom is 0.271 e. The summed E-state index contributed by atoms with van der Waals surface area (Å²) >= 11 is 0. The normalized spacial score (nSPS) is 10.4. The van der Waals surface area contributed by atoms with Gasteiger partial charge in [-0.3, -0.25) is 14.9 Å². The molecule has 0 saturated heterocycles. The van der Waals surface area contributed by atoms with Crippen molar-refractivity contribution in [1.29, 1.82) is 0 Å². The molecule has 0 heterocycles. The van der Waals surface area contributed by atoms with E-state index in [1.54, 1.807) is 0 Å². The van der Waals surface area contributed by atoms with Crippen molar-refractivity contribution in [2.45, 2.75) is 19.8 Å². The van der Waals surface area contributed by atoms with Gasteiger partial charge in [-0.25, -0.2) is 0 Å². The Labute approximate surface area is 146 Å². The monoisotopic (exact) mass is 343 g/mol. The molecule has 0 atom stereocenters.